The van der Waals surface area contributed by atoms with E-state index >= 15 is 0 Å². The number of aryl methyl sites for hydroxylation is 1. The van der Waals surface area contributed by atoms with Crippen molar-refractivity contribution in [1.29, 1.82) is 0 Å². The van der Waals surface area contributed by atoms with Gasteiger partial charge in [0, 0.05) is 25.9 Å². The average molecular weight is 280 g/mol. The zero-order valence-electron chi connectivity index (χ0n) is 11.5. The number of ketones is 1. The number of carbonyl (C=O) groups excluding carboxylic acids is 2. The number of nitrogens with zero attached hydrogens (tertiary/aromatic N) is 4. The lowest BCUT2D eigenvalue weighted by Crippen LogP contribution is -2.40. The molecule has 0 aromatic carbocycles. The van der Waals surface area contributed by atoms with Gasteiger partial charge in [-0.2, -0.15) is 5.10 Å². The van der Waals surface area contributed by atoms with Crippen LogP contribution in [0.5, 0.6) is 0 Å². The van der Waals surface area contributed by atoms with Crippen LogP contribution in [-0.2, 0) is 16.1 Å². The van der Waals surface area contributed by atoms with Crippen LogP contribution in [0.4, 0.5) is 5.69 Å². The Morgan fingerprint density at radius 3 is 2.45 bits per heavy atom. The van der Waals surface area contributed by atoms with Crippen LogP contribution in [0.3, 0.4) is 0 Å². The van der Waals surface area contributed by atoms with Crippen molar-refractivity contribution in [2.24, 2.45) is 0 Å². The Hall–Kier alpha value is -2.25. The Kier molecular flexibility index (Phi) is 3.82. The summed E-state index contributed by atoms with van der Waals surface area (Å²) < 4.78 is 1.35. The minimum absolute atomic E-state index is 0.0330. The first-order valence-electron chi connectivity index (χ1n) is 6.38. The first-order chi connectivity index (χ1) is 9.40. The quantitative estimate of drug-likeness (QED) is 0.596. The first-order valence-corrected chi connectivity index (χ1v) is 6.38. The summed E-state index contributed by atoms with van der Waals surface area (Å²) in [4.78, 5) is 35.2. The molecule has 1 fully saturated rings. The number of likely N-dealkylation sites (tertiary alicyclic amines) is 1. The molecule has 2 rings (SSSR count). The first kappa shape index (κ1) is 14.2. The highest BCUT2D eigenvalue weighted by Crippen LogP contribution is 2.21. The normalized spacial score (nSPS) is 15.5. The van der Waals surface area contributed by atoms with Gasteiger partial charge in [0.25, 0.3) is 0 Å². The van der Waals surface area contributed by atoms with Gasteiger partial charge < -0.3 is 4.90 Å². The van der Waals surface area contributed by atoms with E-state index in [1.807, 2.05) is 0 Å². The molecule has 1 aromatic heterocycles. The summed E-state index contributed by atoms with van der Waals surface area (Å²) in [6.07, 6.45) is 0.756. The minimum Gasteiger partial charge on any atom is -0.340 e. The van der Waals surface area contributed by atoms with Crippen molar-refractivity contribution in [3.05, 3.63) is 21.5 Å². The van der Waals surface area contributed by atoms with Crippen LogP contribution >= 0.6 is 0 Å². The summed E-state index contributed by atoms with van der Waals surface area (Å²) in [5, 5.41) is 14.9. The number of nitro groups is 1. The highest BCUT2D eigenvalue weighted by atomic mass is 16.6. The lowest BCUT2D eigenvalue weighted by molar-refractivity contribution is -0.386. The van der Waals surface area contributed by atoms with Gasteiger partial charge in [0.15, 0.2) is 0 Å². The number of Topliss-reactive ketones (excluding diaryl/α,β-unsaturated/α-hetero) is 1. The molecule has 1 saturated heterocycles. The van der Waals surface area contributed by atoms with Crippen LogP contribution in [0.2, 0.25) is 0 Å². The number of hydrogen-bond donors (Lipinski definition) is 0. The summed E-state index contributed by atoms with van der Waals surface area (Å²) in [5.74, 6) is -0.00574. The second kappa shape index (κ2) is 5.40. The number of piperidine rings is 1. The Morgan fingerprint density at radius 1 is 1.35 bits per heavy atom. The molecule has 1 aliphatic heterocycles. The molecule has 2 heterocycles. The van der Waals surface area contributed by atoms with Gasteiger partial charge in [-0.3, -0.25) is 24.4 Å². The third-order valence-corrected chi connectivity index (χ3v) is 3.48. The molecule has 8 nitrogen and oxygen atoms in total. The summed E-state index contributed by atoms with van der Waals surface area (Å²) in [6.45, 7) is 3.92. The summed E-state index contributed by atoms with van der Waals surface area (Å²) in [5.41, 5.74) is 0.620. The van der Waals surface area contributed by atoms with E-state index in [4.69, 9.17) is 0 Å². The van der Waals surface area contributed by atoms with Crippen molar-refractivity contribution in [2.75, 3.05) is 13.1 Å². The largest absolute Gasteiger partial charge is 0.340 e. The van der Waals surface area contributed by atoms with Crippen LogP contribution in [0.25, 0.3) is 0 Å². The van der Waals surface area contributed by atoms with E-state index in [0.29, 0.717) is 37.3 Å². The summed E-state index contributed by atoms with van der Waals surface area (Å²) in [6, 6.07) is 0. The van der Waals surface area contributed by atoms with E-state index in [2.05, 4.69) is 5.10 Å². The lowest BCUT2D eigenvalue weighted by Gasteiger charge is -2.26. The van der Waals surface area contributed by atoms with Crippen LogP contribution in [0, 0.1) is 24.0 Å². The minimum atomic E-state index is -0.488. The fraction of sp³-hybridized carbons (Fsp3) is 0.583. The molecule has 8 heteroatoms. The van der Waals surface area contributed by atoms with E-state index in [1.165, 1.54) is 4.68 Å². The maximum Gasteiger partial charge on any atom is 0.312 e. The molecule has 0 spiro atoms. The van der Waals surface area contributed by atoms with Crippen molar-refractivity contribution in [2.45, 2.75) is 33.2 Å². The van der Waals surface area contributed by atoms with Crippen molar-refractivity contribution in [3.63, 3.8) is 0 Å². The van der Waals surface area contributed by atoms with Gasteiger partial charge in [-0.15, -0.1) is 0 Å². The predicted molar refractivity (Wildman–Crippen MR) is 69.2 cm³/mol. The second-order valence-electron chi connectivity index (χ2n) is 4.85. The monoisotopic (exact) mass is 280 g/mol. The topological polar surface area (TPSA) is 98.3 Å². The number of hydrogen-bond acceptors (Lipinski definition) is 5. The number of amides is 1. The Labute approximate surface area is 115 Å². The molecule has 0 unspecified atom stereocenters. The lowest BCUT2D eigenvalue weighted by atomic mass is 10.1. The molecule has 1 amide bonds. The molecule has 0 aliphatic carbocycles. The van der Waals surface area contributed by atoms with Gasteiger partial charge in [-0.1, -0.05) is 0 Å². The third kappa shape index (κ3) is 2.68. The smallest absolute Gasteiger partial charge is 0.312 e. The van der Waals surface area contributed by atoms with E-state index in [0.717, 1.165) is 0 Å². The Balaban J connectivity index is 2.10. The van der Waals surface area contributed by atoms with Gasteiger partial charge in [-0.05, 0) is 13.8 Å². The van der Waals surface area contributed by atoms with Gasteiger partial charge in [0.05, 0.1) is 4.92 Å². The number of carbonyl (C=O) groups is 2. The van der Waals surface area contributed by atoms with Gasteiger partial charge in [0.1, 0.15) is 23.7 Å². The maximum absolute atomic E-state index is 12.1. The molecule has 0 N–H and O–H groups in total. The van der Waals surface area contributed by atoms with E-state index in [9.17, 15) is 19.7 Å². The highest BCUT2D eigenvalue weighted by Gasteiger charge is 2.25. The van der Waals surface area contributed by atoms with Crippen molar-refractivity contribution < 1.29 is 14.5 Å². The summed E-state index contributed by atoms with van der Waals surface area (Å²) >= 11 is 0. The molecule has 0 bridgehead atoms. The molecule has 0 atom stereocenters. The molecule has 108 valence electrons. The average Bonchev–Trinajstić information content (AvgIpc) is 2.65. The number of aromatic nitrogens is 2. The molecule has 20 heavy (non-hydrogen) atoms. The second-order valence-corrected chi connectivity index (χ2v) is 4.85. The van der Waals surface area contributed by atoms with Crippen LogP contribution < -0.4 is 0 Å². The highest BCUT2D eigenvalue weighted by molar-refractivity contribution is 5.83. The Bertz CT molecular complexity index is 568. The predicted octanol–water partition coefficient (Wildman–Crippen LogP) is 0.600. The van der Waals surface area contributed by atoms with Gasteiger partial charge in [-0.25, -0.2) is 0 Å². The van der Waals surface area contributed by atoms with Crippen molar-refractivity contribution in [1.82, 2.24) is 14.7 Å². The van der Waals surface area contributed by atoms with Crippen LogP contribution in [0.1, 0.15) is 24.2 Å². The van der Waals surface area contributed by atoms with E-state index in [-0.39, 0.29) is 23.9 Å². The molecule has 0 radical (unpaired) electrons. The molecular weight excluding hydrogens is 264 g/mol. The maximum atomic E-state index is 12.1. The van der Waals surface area contributed by atoms with Gasteiger partial charge >= 0.3 is 5.69 Å². The SMILES string of the molecule is Cc1nn(CC(=O)N2CCC(=O)CC2)c(C)c1[N+](=O)[O-]. The van der Waals surface area contributed by atoms with Crippen molar-refractivity contribution in [3.8, 4) is 0 Å². The van der Waals surface area contributed by atoms with Crippen LogP contribution in [-0.4, -0.2) is 44.4 Å². The third-order valence-electron chi connectivity index (χ3n) is 3.48. The van der Waals surface area contributed by atoms with Gasteiger partial charge in [0.2, 0.25) is 5.91 Å². The Morgan fingerprint density at radius 2 is 1.95 bits per heavy atom. The standard InChI is InChI=1S/C12H16N4O4/c1-8-12(16(19)20)9(2)15(13-8)7-11(18)14-5-3-10(17)4-6-14/h3-7H2,1-2H3. The molecule has 1 aliphatic rings. The van der Waals surface area contributed by atoms with E-state index < -0.39 is 4.92 Å². The fourth-order valence-corrected chi connectivity index (χ4v) is 2.34. The summed E-state index contributed by atoms with van der Waals surface area (Å²) in [7, 11) is 0. The zero-order valence-corrected chi connectivity index (χ0v) is 11.5. The van der Waals surface area contributed by atoms with E-state index in [1.54, 1.807) is 18.7 Å². The molecule has 1 aromatic rings. The van der Waals surface area contributed by atoms with Crippen molar-refractivity contribution >= 4 is 17.4 Å². The molecule has 0 saturated carbocycles. The van der Waals surface area contributed by atoms with Crippen LogP contribution in [0.15, 0.2) is 0 Å². The molecular formula is C12H16N4O4. The number of rotatable bonds is 3. The fourth-order valence-electron chi connectivity index (χ4n) is 2.34. The zero-order chi connectivity index (χ0) is 14.9.